The minimum absolute atomic E-state index is 0.0150. The molecule has 0 unspecified atom stereocenters. The Kier molecular flexibility index (Phi) is 4.01. The Morgan fingerprint density at radius 1 is 1.53 bits per heavy atom. The number of alkyl halides is 1. The van der Waals surface area contributed by atoms with Crippen LogP contribution in [0.1, 0.15) is 5.56 Å². The topological polar surface area (TPSA) is 75.9 Å². The molecular formula is C12H13ClN4OS. The predicted molar refractivity (Wildman–Crippen MR) is 80.4 cm³/mol. The van der Waals surface area contributed by atoms with Gasteiger partial charge in [-0.1, -0.05) is 11.6 Å². The van der Waals surface area contributed by atoms with Gasteiger partial charge in [0.2, 0.25) is 11.0 Å². The van der Waals surface area contributed by atoms with Gasteiger partial charge in [0.15, 0.2) is 5.69 Å². The maximum absolute atomic E-state index is 10.2. The summed E-state index contributed by atoms with van der Waals surface area (Å²) in [5, 5.41) is 18.5. The van der Waals surface area contributed by atoms with E-state index in [2.05, 4.69) is 22.4 Å². The normalized spacial score (nSPS) is 11.5. The van der Waals surface area contributed by atoms with Crippen LogP contribution in [-0.4, -0.2) is 20.7 Å². The van der Waals surface area contributed by atoms with E-state index < -0.39 is 0 Å². The smallest absolute Gasteiger partial charge is 0.220 e. The maximum atomic E-state index is 10.2. The molecule has 0 saturated heterocycles. The number of halogens is 1. The van der Waals surface area contributed by atoms with Crippen molar-refractivity contribution < 1.29 is 5.11 Å². The zero-order valence-electron chi connectivity index (χ0n) is 10.3. The van der Waals surface area contributed by atoms with Crippen molar-refractivity contribution in [1.29, 1.82) is 0 Å². The summed E-state index contributed by atoms with van der Waals surface area (Å²) in [4.78, 5) is 0. The van der Waals surface area contributed by atoms with E-state index in [1.165, 1.54) is 0 Å². The highest BCUT2D eigenvalue weighted by Gasteiger charge is 2.16. The van der Waals surface area contributed by atoms with E-state index in [9.17, 15) is 5.11 Å². The largest absolute Gasteiger partial charge is 0.493 e. The molecule has 0 aliphatic rings. The Balaban J connectivity index is 2.70. The summed E-state index contributed by atoms with van der Waals surface area (Å²) in [5.41, 5.74) is 7.55. The number of aromatic nitrogens is 1. The van der Waals surface area contributed by atoms with E-state index in [1.807, 2.05) is 25.1 Å². The van der Waals surface area contributed by atoms with Crippen molar-refractivity contribution in [2.45, 2.75) is 13.5 Å². The Morgan fingerprint density at radius 3 is 2.89 bits per heavy atom. The third-order valence-corrected chi connectivity index (χ3v) is 2.97. The lowest BCUT2D eigenvalue weighted by molar-refractivity contribution is 0.427. The molecule has 2 aromatic rings. The number of benzene rings is 1. The van der Waals surface area contributed by atoms with Gasteiger partial charge in [-0.2, -0.15) is 0 Å². The predicted octanol–water partition coefficient (Wildman–Crippen LogP) is 3.22. The van der Waals surface area contributed by atoms with E-state index >= 15 is 0 Å². The van der Waals surface area contributed by atoms with Crippen LogP contribution >= 0.6 is 23.8 Å². The fraction of sp³-hybridized carbons (Fsp3) is 0.250. The van der Waals surface area contributed by atoms with Crippen LogP contribution in [0.3, 0.4) is 0 Å². The van der Waals surface area contributed by atoms with Crippen molar-refractivity contribution in [2.24, 2.45) is 16.0 Å². The van der Waals surface area contributed by atoms with Crippen molar-refractivity contribution in [3.63, 3.8) is 0 Å². The lowest BCUT2D eigenvalue weighted by atomic mass is 10.1. The third kappa shape index (κ3) is 2.69. The summed E-state index contributed by atoms with van der Waals surface area (Å²) in [6, 6.07) is 5.80. The SMILES string of the molecule is Cc1ccc2c(c1)c(N=NC(N)=S)c(O)n2CCCl. The standard InChI is InChI=1S/C12H13ClN4OS/c1-7-2-3-9-8(6-7)10(15-16-12(14)19)11(18)17(9)5-4-13/h2-3,6,18H,4-5H2,1H3,(H2,14,19). The first-order valence-electron chi connectivity index (χ1n) is 5.63. The van der Waals surface area contributed by atoms with Crippen LogP contribution in [0.4, 0.5) is 5.69 Å². The minimum Gasteiger partial charge on any atom is -0.493 e. The van der Waals surface area contributed by atoms with E-state index in [0.29, 0.717) is 18.1 Å². The van der Waals surface area contributed by atoms with Crippen molar-refractivity contribution in [3.05, 3.63) is 23.8 Å². The number of aryl methyl sites for hydroxylation is 2. The number of rotatable bonds is 3. The number of hydrogen-bond donors (Lipinski definition) is 2. The van der Waals surface area contributed by atoms with Crippen LogP contribution < -0.4 is 5.73 Å². The number of hydrogen-bond acceptors (Lipinski definition) is 3. The molecule has 19 heavy (non-hydrogen) atoms. The highest BCUT2D eigenvalue weighted by atomic mass is 35.5. The zero-order chi connectivity index (χ0) is 14.0. The molecule has 0 atom stereocenters. The molecule has 1 heterocycles. The summed E-state index contributed by atoms with van der Waals surface area (Å²) in [6.45, 7) is 2.44. The zero-order valence-corrected chi connectivity index (χ0v) is 11.9. The van der Waals surface area contributed by atoms with Gasteiger partial charge in [0, 0.05) is 17.8 Å². The van der Waals surface area contributed by atoms with Gasteiger partial charge in [-0.05, 0) is 31.3 Å². The summed E-state index contributed by atoms with van der Waals surface area (Å²) in [6.07, 6.45) is 0. The van der Waals surface area contributed by atoms with Gasteiger partial charge < -0.3 is 15.4 Å². The van der Waals surface area contributed by atoms with Crippen molar-refractivity contribution >= 4 is 45.5 Å². The van der Waals surface area contributed by atoms with E-state index in [1.54, 1.807) is 4.57 Å². The Hall–Kier alpha value is -1.66. The number of fused-ring (bicyclic) bond motifs is 1. The average Bonchev–Trinajstić information content (AvgIpc) is 2.60. The van der Waals surface area contributed by atoms with Crippen LogP contribution in [0.25, 0.3) is 10.9 Å². The maximum Gasteiger partial charge on any atom is 0.220 e. The average molecular weight is 297 g/mol. The molecule has 100 valence electrons. The lowest BCUT2D eigenvalue weighted by Gasteiger charge is -2.03. The molecule has 2 rings (SSSR count). The lowest BCUT2D eigenvalue weighted by Crippen LogP contribution is -2.01. The first kappa shape index (κ1) is 13.8. The molecule has 1 aromatic heterocycles. The Labute approximate surface area is 120 Å². The quantitative estimate of drug-likeness (QED) is 0.519. The van der Waals surface area contributed by atoms with Gasteiger partial charge in [-0.15, -0.1) is 21.8 Å². The van der Waals surface area contributed by atoms with Crippen molar-refractivity contribution in [3.8, 4) is 5.88 Å². The second-order valence-corrected chi connectivity index (χ2v) is 4.87. The monoisotopic (exact) mass is 296 g/mol. The molecule has 0 bridgehead atoms. The molecule has 0 radical (unpaired) electrons. The van der Waals surface area contributed by atoms with Gasteiger partial charge in [0.1, 0.15) is 0 Å². The van der Waals surface area contributed by atoms with Crippen LogP contribution in [0.15, 0.2) is 28.4 Å². The first-order chi connectivity index (χ1) is 9.04. The molecule has 0 aliphatic heterocycles. The molecule has 0 fully saturated rings. The van der Waals surface area contributed by atoms with E-state index in [-0.39, 0.29) is 11.0 Å². The number of thiocarbonyl (C=S) groups is 1. The van der Waals surface area contributed by atoms with Crippen molar-refractivity contribution in [1.82, 2.24) is 4.57 Å². The third-order valence-electron chi connectivity index (χ3n) is 2.72. The highest BCUT2D eigenvalue weighted by molar-refractivity contribution is 7.80. The molecule has 5 nitrogen and oxygen atoms in total. The molecule has 7 heteroatoms. The fourth-order valence-electron chi connectivity index (χ4n) is 1.95. The number of nitrogens with zero attached hydrogens (tertiary/aromatic N) is 3. The van der Waals surface area contributed by atoms with Crippen LogP contribution in [0.2, 0.25) is 0 Å². The van der Waals surface area contributed by atoms with Gasteiger partial charge in [0.05, 0.1) is 5.52 Å². The van der Waals surface area contributed by atoms with E-state index in [0.717, 1.165) is 16.5 Å². The van der Waals surface area contributed by atoms with Gasteiger partial charge >= 0.3 is 0 Å². The van der Waals surface area contributed by atoms with Crippen LogP contribution in [-0.2, 0) is 6.54 Å². The van der Waals surface area contributed by atoms with Gasteiger partial charge in [-0.3, -0.25) is 0 Å². The van der Waals surface area contributed by atoms with Crippen LogP contribution in [0.5, 0.6) is 5.88 Å². The van der Waals surface area contributed by atoms with Gasteiger partial charge in [0.25, 0.3) is 0 Å². The second kappa shape index (κ2) is 5.54. The molecule has 0 spiro atoms. The summed E-state index contributed by atoms with van der Waals surface area (Å²) in [7, 11) is 0. The summed E-state index contributed by atoms with van der Waals surface area (Å²) in [5.74, 6) is 0.401. The van der Waals surface area contributed by atoms with Gasteiger partial charge in [-0.25, -0.2) is 0 Å². The number of aromatic hydroxyl groups is 1. The number of nitrogens with two attached hydrogens (primary N) is 1. The molecule has 3 N–H and O–H groups in total. The first-order valence-corrected chi connectivity index (χ1v) is 6.58. The van der Waals surface area contributed by atoms with E-state index in [4.69, 9.17) is 17.3 Å². The highest BCUT2D eigenvalue weighted by Crippen LogP contribution is 2.39. The summed E-state index contributed by atoms with van der Waals surface area (Å²) < 4.78 is 1.69. The Morgan fingerprint density at radius 2 is 2.26 bits per heavy atom. The minimum atomic E-state index is -0.0784. The molecule has 1 aromatic carbocycles. The molecular weight excluding hydrogens is 284 g/mol. The van der Waals surface area contributed by atoms with Crippen LogP contribution in [0, 0.1) is 6.92 Å². The molecule has 0 amide bonds. The fourth-order valence-corrected chi connectivity index (χ4v) is 2.16. The molecule has 0 aliphatic carbocycles. The second-order valence-electron chi connectivity index (χ2n) is 4.07. The summed E-state index contributed by atoms with van der Waals surface area (Å²) >= 11 is 10.4. The molecule has 0 saturated carbocycles. The van der Waals surface area contributed by atoms with Crippen molar-refractivity contribution in [2.75, 3.05) is 5.88 Å². The number of azo groups is 1. The Bertz CT molecular complexity index is 665.